The number of thiophene rings is 2. The molecule has 2 aromatic heterocycles. The van der Waals surface area contributed by atoms with Crippen LogP contribution in [0.25, 0.3) is 21.6 Å². The van der Waals surface area contributed by atoms with Crippen molar-refractivity contribution in [2.45, 2.75) is 44.8 Å². The largest absolute Gasteiger partial charge is 0.392 e. The van der Waals surface area contributed by atoms with Crippen LogP contribution in [0.4, 0.5) is 26.3 Å². The summed E-state index contributed by atoms with van der Waals surface area (Å²) in [5.74, 6) is -15.9. The van der Waals surface area contributed by atoms with Crippen LogP contribution in [0.2, 0.25) is 0 Å². The van der Waals surface area contributed by atoms with Crippen LogP contribution in [0.15, 0.2) is 36.4 Å². The van der Waals surface area contributed by atoms with Crippen molar-refractivity contribution in [3.8, 4) is 10.4 Å². The van der Waals surface area contributed by atoms with Crippen molar-refractivity contribution >= 4 is 33.8 Å². The maximum Gasteiger partial charge on any atom is 0.380 e. The summed E-state index contributed by atoms with van der Waals surface area (Å²) in [6, 6.07) is 8.78. The van der Waals surface area contributed by atoms with E-state index in [0.29, 0.717) is 16.0 Å². The van der Waals surface area contributed by atoms with Gasteiger partial charge in [-0.3, -0.25) is 0 Å². The summed E-state index contributed by atoms with van der Waals surface area (Å²) >= 11 is 1.91. The Hall–Kier alpha value is -2.14. The second-order valence-corrected chi connectivity index (χ2v) is 10.3. The predicted molar refractivity (Wildman–Crippen MR) is 117 cm³/mol. The van der Waals surface area contributed by atoms with Gasteiger partial charge in [0.1, 0.15) is 0 Å². The predicted octanol–water partition coefficient (Wildman–Crippen LogP) is 6.91. The van der Waals surface area contributed by atoms with Gasteiger partial charge in [-0.25, -0.2) is 0 Å². The van der Waals surface area contributed by atoms with Crippen molar-refractivity contribution in [1.29, 1.82) is 0 Å². The van der Waals surface area contributed by atoms with Gasteiger partial charge < -0.3 is 10.2 Å². The molecule has 0 unspecified atom stereocenters. The third-order valence-corrected chi connectivity index (χ3v) is 7.80. The highest BCUT2D eigenvalue weighted by Crippen LogP contribution is 2.66. The second-order valence-electron chi connectivity index (χ2n) is 7.75. The molecule has 0 amide bonds. The lowest BCUT2D eigenvalue weighted by atomic mass is 9.95. The Bertz CT molecular complexity index is 1240. The topological polar surface area (TPSA) is 40.5 Å². The van der Waals surface area contributed by atoms with Crippen LogP contribution in [-0.4, -0.2) is 28.0 Å². The SMILES string of the molecule is Cc1sc(CO)cc1C1=C(c2cc(-c3ccc(CO)cc3)sc2C)C(F)(F)C(F)(F)C1(F)F. The van der Waals surface area contributed by atoms with Crippen LogP contribution in [0.1, 0.15) is 31.3 Å². The molecule has 1 aliphatic rings. The van der Waals surface area contributed by atoms with E-state index in [9.17, 15) is 27.8 Å². The summed E-state index contributed by atoms with van der Waals surface area (Å²) in [6.07, 6.45) is 0. The van der Waals surface area contributed by atoms with E-state index in [2.05, 4.69) is 0 Å². The zero-order chi connectivity index (χ0) is 24.3. The molecule has 0 fully saturated rings. The van der Waals surface area contributed by atoms with Gasteiger partial charge in [0.25, 0.3) is 0 Å². The van der Waals surface area contributed by atoms with Gasteiger partial charge in [-0.15, -0.1) is 22.7 Å². The molecule has 2 heterocycles. The summed E-state index contributed by atoms with van der Waals surface area (Å²) in [5, 5.41) is 18.5. The van der Waals surface area contributed by atoms with Gasteiger partial charge >= 0.3 is 17.8 Å². The molecule has 0 radical (unpaired) electrons. The number of hydrogen-bond donors (Lipinski definition) is 2. The van der Waals surface area contributed by atoms with Crippen LogP contribution in [0.5, 0.6) is 0 Å². The quantitative estimate of drug-likeness (QED) is 0.371. The van der Waals surface area contributed by atoms with Crippen molar-refractivity contribution in [2.75, 3.05) is 0 Å². The Labute approximate surface area is 193 Å². The molecule has 0 aliphatic heterocycles. The van der Waals surface area contributed by atoms with E-state index >= 15 is 8.78 Å². The standard InChI is InChI=1S/C23H18F6O2S2/c1-11-16(7-15(10-31)32-11)19-20(22(26,27)23(28,29)21(19,24)25)17-8-18(33-12(17)2)14-5-3-13(9-30)4-6-14/h3-8,30-31H,9-10H2,1-2H3. The molecule has 0 spiro atoms. The second kappa shape index (κ2) is 7.97. The minimum absolute atomic E-state index is 0.132. The van der Waals surface area contributed by atoms with Crippen molar-refractivity contribution < 1.29 is 36.6 Å². The van der Waals surface area contributed by atoms with Crippen molar-refractivity contribution in [3.05, 3.63) is 67.7 Å². The third-order valence-electron chi connectivity index (χ3n) is 5.67. The van der Waals surface area contributed by atoms with Gasteiger partial charge in [0.2, 0.25) is 0 Å². The third kappa shape index (κ3) is 3.46. The van der Waals surface area contributed by atoms with Gasteiger partial charge in [0.15, 0.2) is 0 Å². The molecule has 2 N–H and O–H groups in total. The van der Waals surface area contributed by atoms with Crippen LogP contribution in [0.3, 0.4) is 0 Å². The van der Waals surface area contributed by atoms with Gasteiger partial charge in [-0.1, -0.05) is 24.3 Å². The number of alkyl halides is 6. The molecule has 1 aromatic carbocycles. The van der Waals surface area contributed by atoms with Crippen LogP contribution >= 0.6 is 22.7 Å². The number of benzene rings is 1. The molecular formula is C23H18F6O2S2. The average molecular weight is 505 g/mol. The zero-order valence-electron chi connectivity index (χ0n) is 17.4. The van der Waals surface area contributed by atoms with E-state index in [-0.39, 0.29) is 26.8 Å². The first-order chi connectivity index (χ1) is 15.4. The Morgan fingerprint density at radius 3 is 1.73 bits per heavy atom. The smallest absolute Gasteiger partial charge is 0.380 e. The first kappa shape index (κ1) is 24.0. The fourth-order valence-corrected chi connectivity index (χ4v) is 5.89. The molecule has 0 saturated carbocycles. The summed E-state index contributed by atoms with van der Waals surface area (Å²) in [5.41, 5.74) is -2.40. The number of aliphatic hydroxyl groups is 2. The minimum Gasteiger partial charge on any atom is -0.392 e. The molecule has 10 heteroatoms. The molecule has 2 nitrogen and oxygen atoms in total. The summed E-state index contributed by atoms with van der Waals surface area (Å²) in [7, 11) is 0. The molecule has 0 atom stereocenters. The number of aliphatic hydroxyl groups excluding tert-OH is 2. The van der Waals surface area contributed by atoms with Crippen molar-refractivity contribution in [1.82, 2.24) is 0 Å². The Balaban J connectivity index is 1.99. The van der Waals surface area contributed by atoms with Gasteiger partial charge in [-0.2, -0.15) is 26.3 Å². The summed E-state index contributed by atoms with van der Waals surface area (Å²) in [4.78, 5) is 0.959. The van der Waals surface area contributed by atoms with E-state index in [1.807, 2.05) is 0 Å². The average Bonchev–Trinajstić information content (AvgIpc) is 3.35. The molecular weight excluding hydrogens is 486 g/mol. The van der Waals surface area contributed by atoms with Crippen molar-refractivity contribution in [3.63, 3.8) is 0 Å². The molecule has 176 valence electrons. The van der Waals surface area contributed by atoms with Crippen LogP contribution in [0, 0.1) is 13.8 Å². The molecule has 0 bridgehead atoms. The van der Waals surface area contributed by atoms with Gasteiger partial charge in [0, 0.05) is 30.7 Å². The number of halogens is 6. The van der Waals surface area contributed by atoms with Gasteiger partial charge in [0.05, 0.1) is 13.2 Å². The molecule has 33 heavy (non-hydrogen) atoms. The first-order valence-corrected chi connectivity index (χ1v) is 11.4. The highest BCUT2D eigenvalue weighted by molar-refractivity contribution is 7.15. The fraction of sp³-hybridized carbons (Fsp3) is 0.304. The molecule has 3 aromatic rings. The van der Waals surface area contributed by atoms with E-state index in [0.717, 1.165) is 28.7 Å². The number of aryl methyl sites for hydroxylation is 2. The summed E-state index contributed by atoms with van der Waals surface area (Å²) < 4.78 is 89.1. The Morgan fingerprint density at radius 2 is 1.24 bits per heavy atom. The Kier molecular flexibility index (Phi) is 5.80. The molecule has 4 rings (SSSR count). The lowest BCUT2D eigenvalue weighted by molar-refractivity contribution is -0.254. The zero-order valence-corrected chi connectivity index (χ0v) is 19.0. The van der Waals surface area contributed by atoms with Crippen molar-refractivity contribution in [2.24, 2.45) is 0 Å². The lowest BCUT2D eigenvalue weighted by Gasteiger charge is -2.25. The monoisotopic (exact) mass is 504 g/mol. The van der Waals surface area contributed by atoms with Gasteiger partial charge in [-0.05, 0) is 48.2 Å². The van der Waals surface area contributed by atoms with E-state index in [1.54, 1.807) is 24.3 Å². The van der Waals surface area contributed by atoms with E-state index in [1.165, 1.54) is 19.9 Å². The Morgan fingerprint density at radius 1 is 0.727 bits per heavy atom. The number of allylic oxidation sites excluding steroid dienone is 2. The maximum atomic E-state index is 15.1. The highest BCUT2D eigenvalue weighted by atomic mass is 32.1. The molecule has 0 saturated heterocycles. The first-order valence-electron chi connectivity index (χ1n) is 9.77. The van der Waals surface area contributed by atoms with E-state index in [4.69, 9.17) is 0 Å². The fourth-order valence-electron chi connectivity index (χ4n) is 3.95. The highest BCUT2D eigenvalue weighted by Gasteiger charge is 2.80. The number of rotatable bonds is 5. The minimum atomic E-state index is -5.63. The normalized spacial score (nSPS) is 18.8. The maximum absolute atomic E-state index is 15.1. The lowest BCUT2D eigenvalue weighted by Crippen LogP contribution is -2.48. The summed E-state index contributed by atoms with van der Waals surface area (Å²) in [6.45, 7) is 2.05. The number of hydrogen-bond acceptors (Lipinski definition) is 4. The van der Waals surface area contributed by atoms with Crippen LogP contribution < -0.4 is 0 Å². The molecule has 1 aliphatic carbocycles. The van der Waals surface area contributed by atoms with Crippen LogP contribution in [-0.2, 0) is 13.2 Å². The van der Waals surface area contributed by atoms with E-state index < -0.39 is 41.1 Å².